The van der Waals surface area contributed by atoms with Crippen LogP contribution >= 0.6 is 27.5 Å². The summed E-state index contributed by atoms with van der Waals surface area (Å²) in [6.45, 7) is 0.386. The third-order valence-corrected chi connectivity index (χ3v) is 2.94. The zero-order valence-electron chi connectivity index (χ0n) is 8.86. The van der Waals surface area contributed by atoms with Gasteiger partial charge >= 0.3 is 0 Å². The van der Waals surface area contributed by atoms with Gasteiger partial charge in [0.2, 0.25) is 0 Å². The van der Waals surface area contributed by atoms with Crippen LogP contribution in [0, 0.1) is 0 Å². The molecular weight excluding hydrogens is 304 g/mol. The van der Waals surface area contributed by atoms with Crippen LogP contribution in [0.3, 0.4) is 0 Å². The average Bonchev–Trinajstić information content (AvgIpc) is 2.27. The van der Waals surface area contributed by atoms with Crippen molar-refractivity contribution < 1.29 is 4.74 Å². The number of hydrogen-bond donors (Lipinski definition) is 1. The summed E-state index contributed by atoms with van der Waals surface area (Å²) in [6, 6.07) is 7.25. The third kappa shape index (κ3) is 3.35. The molecule has 0 fully saturated rings. The second-order valence-electron chi connectivity index (χ2n) is 3.48. The van der Waals surface area contributed by atoms with Crippen molar-refractivity contribution >= 4 is 33.2 Å². The normalized spacial score (nSPS) is 10.2. The van der Waals surface area contributed by atoms with E-state index in [9.17, 15) is 0 Å². The van der Waals surface area contributed by atoms with E-state index in [0.717, 1.165) is 10.0 Å². The molecule has 0 radical (unpaired) electrons. The number of rotatable bonds is 3. The van der Waals surface area contributed by atoms with Gasteiger partial charge in [0.1, 0.15) is 12.4 Å². The molecule has 1 aromatic carbocycles. The molecule has 1 aromatic heterocycles. The van der Waals surface area contributed by atoms with E-state index >= 15 is 0 Å². The molecular formula is C12H10BrClN2O. The number of nitrogens with zero attached hydrogens (tertiary/aromatic N) is 1. The molecule has 5 heteroatoms. The molecule has 0 unspecified atom stereocenters. The lowest BCUT2D eigenvalue weighted by Crippen LogP contribution is -1.97. The first-order chi connectivity index (χ1) is 8.15. The molecule has 17 heavy (non-hydrogen) atoms. The van der Waals surface area contributed by atoms with E-state index in [-0.39, 0.29) is 0 Å². The summed E-state index contributed by atoms with van der Waals surface area (Å²) in [5.41, 5.74) is 7.25. The van der Waals surface area contributed by atoms with Crippen molar-refractivity contribution in [2.75, 3.05) is 5.73 Å². The molecule has 0 amide bonds. The zero-order chi connectivity index (χ0) is 12.3. The quantitative estimate of drug-likeness (QED) is 0.880. The molecule has 88 valence electrons. The smallest absolute Gasteiger partial charge is 0.122 e. The fourth-order valence-electron chi connectivity index (χ4n) is 1.35. The van der Waals surface area contributed by atoms with Crippen LogP contribution in [0.25, 0.3) is 0 Å². The van der Waals surface area contributed by atoms with Gasteiger partial charge in [-0.2, -0.15) is 0 Å². The van der Waals surface area contributed by atoms with Gasteiger partial charge in [-0.15, -0.1) is 0 Å². The van der Waals surface area contributed by atoms with Crippen molar-refractivity contribution in [2.24, 2.45) is 0 Å². The highest BCUT2D eigenvalue weighted by Gasteiger charge is 2.02. The van der Waals surface area contributed by atoms with Gasteiger partial charge < -0.3 is 10.5 Å². The Labute approximate surface area is 113 Å². The lowest BCUT2D eigenvalue weighted by atomic mass is 10.3. The Morgan fingerprint density at radius 1 is 1.35 bits per heavy atom. The van der Waals surface area contributed by atoms with Gasteiger partial charge in [-0.3, -0.25) is 4.98 Å². The molecule has 2 N–H and O–H groups in total. The van der Waals surface area contributed by atoms with E-state index in [4.69, 9.17) is 22.1 Å². The maximum atomic E-state index is 5.98. The van der Waals surface area contributed by atoms with Gasteiger partial charge in [-0.25, -0.2) is 0 Å². The maximum Gasteiger partial charge on any atom is 0.122 e. The van der Waals surface area contributed by atoms with Crippen LogP contribution in [0.1, 0.15) is 5.56 Å². The van der Waals surface area contributed by atoms with Crippen molar-refractivity contribution in [2.45, 2.75) is 6.61 Å². The SMILES string of the molecule is Nc1cc(Br)cc(OCc2ccncc2Cl)c1. The van der Waals surface area contributed by atoms with Crippen LogP contribution in [-0.2, 0) is 6.61 Å². The van der Waals surface area contributed by atoms with E-state index in [1.165, 1.54) is 0 Å². The average molecular weight is 314 g/mol. The van der Waals surface area contributed by atoms with Gasteiger partial charge in [0.25, 0.3) is 0 Å². The largest absolute Gasteiger partial charge is 0.489 e. The van der Waals surface area contributed by atoms with Crippen molar-refractivity contribution in [1.82, 2.24) is 4.98 Å². The van der Waals surface area contributed by atoms with Gasteiger partial charge in [-0.05, 0) is 18.2 Å². The minimum Gasteiger partial charge on any atom is -0.489 e. The van der Waals surface area contributed by atoms with Gasteiger partial charge in [0, 0.05) is 34.2 Å². The second-order valence-corrected chi connectivity index (χ2v) is 4.80. The zero-order valence-corrected chi connectivity index (χ0v) is 11.2. The number of aromatic nitrogens is 1. The monoisotopic (exact) mass is 312 g/mol. The second kappa shape index (κ2) is 5.38. The van der Waals surface area contributed by atoms with Crippen LogP contribution in [0.15, 0.2) is 41.1 Å². The summed E-state index contributed by atoms with van der Waals surface area (Å²) >= 11 is 9.33. The first kappa shape index (κ1) is 12.2. The molecule has 0 bridgehead atoms. The lowest BCUT2D eigenvalue weighted by molar-refractivity contribution is 0.306. The van der Waals surface area contributed by atoms with Crippen LogP contribution in [0.2, 0.25) is 5.02 Å². The minimum absolute atomic E-state index is 0.386. The summed E-state index contributed by atoms with van der Waals surface area (Å²) in [5, 5.41) is 0.593. The molecule has 0 spiro atoms. The Morgan fingerprint density at radius 3 is 2.88 bits per heavy atom. The van der Waals surface area contributed by atoms with Crippen LogP contribution < -0.4 is 10.5 Å². The predicted molar refractivity (Wildman–Crippen MR) is 72.1 cm³/mol. The number of anilines is 1. The van der Waals surface area contributed by atoms with Gasteiger partial charge in [0.05, 0.1) is 5.02 Å². The summed E-state index contributed by atoms with van der Waals surface area (Å²) in [5.74, 6) is 0.699. The molecule has 0 saturated heterocycles. The van der Waals surface area contributed by atoms with Crippen LogP contribution in [-0.4, -0.2) is 4.98 Å². The molecule has 0 aliphatic heterocycles. The first-order valence-corrected chi connectivity index (χ1v) is 6.09. The maximum absolute atomic E-state index is 5.98. The van der Waals surface area contributed by atoms with Crippen molar-refractivity contribution in [3.05, 3.63) is 51.7 Å². The van der Waals surface area contributed by atoms with Crippen molar-refractivity contribution in [3.8, 4) is 5.75 Å². The number of halogens is 2. The Kier molecular flexibility index (Phi) is 3.86. The van der Waals surface area contributed by atoms with Crippen LogP contribution in [0.4, 0.5) is 5.69 Å². The topological polar surface area (TPSA) is 48.1 Å². The fraction of sp³-hybridized carbons (Fsp3) is 0.0833. The number of hydrogen-bond acceptors (Lipinski definition) is 3. The molecule has 2 rings (SSSR count). The van der Waals surface area contributed by atoms with Gasteiger partial charge in [-0.1, -0.05) is 27.5 Å². The Morgan fingerprint density at radius 2 is 2.18 bits per heavy atom. The third-order valence-electron chi connectivity index (χ3n) is 2.14. The van der Waals surface area contributed by atoms with E-state index in [0.29, 0.717) is 23.1 Å². The molecule has 1 heterocycles. The number of nitrogens with two attached hydrogens (primary N) is 1. The van der Waals surface area contributed by atoms with Crippen LogP contribution in [0.5, 0.6) is 5.75 Å². The number of benzene rings is 1. The van der Waals surface area contributed by atoms with Crippen molar-refractivity contribution in [1.29, 1.82) is 0 Å². The number of nitrogen functional groups attached to an aromatic ring is 1. The summed E-state index contributed by atoms with van der Waals surface area (Å²) in [4.78, 5) is 3.91. The summed E-state index contributed by atoms with van der Waals surface area (Å²) < 4.78 is 6.50. The van der Waals surface area contributed by atoms with E-state index < -0.39 is 0 Å². The Hall–Kier alpha value is -1.26. The Balaban J connectivity index is 2.10. The highest BCUT2D eigenvalue weighted by molar-refractivity contribution is 9.10. The minimum atomic E-state index is 0.386. The highest BCUT2D eigenvalue weighted by Crippen LogP contribution is 2.24. The molecule has 0 saturated carbocycles. The van der Waals surface area contributed by atoms with E-state index in [1.807, 2.05) is 18.2 Å². The fourth-order valence-corrected chi connectivity index (χ4v) is 2.01. The van der Waals surface area contributed by atoms with Crippen molar-refractivity contribution in [3.63, 3.8) is 0 Å². The molecule has 0 aliphatic rings. The molecule has 3 nitrogen and oxygen atoms in total. The predicted octanol–water partition coefficient (Wildman–Crippen LogP) is 3.66. The standard InChI is InChI=1S/C12H10BrClN2O/c13-9-3-10(15)5-11(4-9)17-7-8-1-2-16-6-12(8)14/h1-6H,7,15H2. The van der Waals surface area contributed by atoms with Gasteiger partial charge in [0.15, 0.2) is 0 Å². The molecule has 0 atom stereocenters. The summed E-state index contributed by atoms with van der Waals surface area (Å²) in [7, 11) is 0. The number of ether oxygens (including phenoxy) is 1. The Bertz CT molecular complexity index is 513. The molecule has 0 aliphatic carbocycles. The molecule has 2 aromatic rings. The number of pyridine rings is 1. The summed E-state index contributed by atoms with van der Waals surface area (Å²) in [6.07, 6.45) is 3.27. The highest BCUT2D eigenvalue weighted by atomic mass is 79.9. The lowest BCUT2D eigenvalue weighted by Gasteiger charge is -2.08. The van der Waals surface area contributed by atoms with E-state index in [2.05, 4.69) is 20.9 Å². The van der Waals surface area contributed by atoms with E-state index in [1.54, 1.807) is 18.5 Å². The first-order valence-electron chi connectivity index (χ1n) is 4.92.